The van der Waals surface area contributed by atoms with Crippen LogP contribution >= 0.6 is 0 Å². The first-order chi connectivity index (χ1) is 11.0. The molecule has 0 aliphatic rings. The smallest absolute Gasteiger partial charge is 0.336 e. The maximum atomic E-state index is 10.9. The van der Waals surface area contributed by atoms with Gasteiger partial charge in [0.1, 0.15) is 0 Å². The summed E-state index contributed by atoms with van der Waals surface area (Å²) in [4.78, 5) is 42.8. The second kappa shape index (κ2) is 9.77. The molecule has 0 rings (SSSR count). The summed E-state index contributed by atoms with van der Waals surface area (Å²) in [5, 5.41) is 53.0. The summed E-state index contributed by atoms with van der Waals surface area (Å²) in [7, 11) is 0. The van der Waals surface area contributed by atoms with E-state index in [1.807, 2.05) is 0 Å². The third-order valence-electron chi connectivity index (χ3n) is 2.77. The number of aliphatic carboxylic acids is 4. The Morgan fingerprint density at radius 3 is 1.58 bits per heavy atom. The van der Waals surface area contributed by atoms with Crippen LogP contribution in [0.2, 0.25) is 0 Å². The van der Waals surface area contributed by atoms with E-state index >= 15 is 0 Å². The van der Waals surface area contributed by atoms with Gasteiger partial charge in [-0.15, -0.1) is 0 Å². The fourth-order valence-corrected chi connectivity index (χ4v) is 1.50. The Balaban J connectivity index is 4.58. The van der Waals surface area contributed by atoms with E-state index in [9.17, 15) is 24.3 Å². The molecule has 0 radical (unpaired) electrons. The Morgan fingerprint density at radius 2 is 1.21 bits per heavy atom. The van der Waals surface area contributed by atoms with Crippen LogP contribution < -0.4 is 0 Å². The number of aliphatic hydroxyl groups excluding tert-OH is 2. The number of hydrogen-bond acceptors (Lipinski definition) is 8. The molecule has 0 fully saturated rings. The second-order valence-corrected chi connectivity index (χ2v) is 4.69. The van der Waals surface area contributed by atoms with Gasteiger partial charge < -0.3 is 40.1 Å². The highest BCUT2D eigenvalue weighted by Crippen LogP contribution is 2.10. The standard InChI is InChI=1S/C12H18O12/c1-4(24-8(12(21)22)6(14)10(17)18)2-3-23-7(11(19)20)5(13)9(15)16/h4-8,13-14H,2-3H2,1H3,(H,15,16)(H,17,18)(H,19,20)(H,21,22). The number of hydrogen-bond donors (Lipinski definition) is 6. The maximum absolute atomic E-state index is 10.9. The van der Waals surface area contributed by atoms with Gasteiger partial charge in [0.15, 0.2) is 24.4 Å². The minimum atomic E-state index is -2.31. The molecule has 0 saturated carbocycles. The lowest BCUT2D eigenvalue weighted by Gasteiger charge is -2.22. The van der Waals surface area contributed by atoms with Crippen LogP contribution in [0.3, 0.4) is 0 Å². The molecule has 0 aromatic rings. The van der Waals surface area contributed by atoms with E-state index in [1.165, 1.54) is 6.92 Å². The van der Waals surface area contributed by atoms with Crippen LogP contribution in [0.5, 0.6) is 0 Å². The lowest BCUT2D eigenvalue weighted by atomic mass is 10.2. The highest BCUT2D eigenvalue weighted by Gasteiger charge is 2.35. The van der Waals surface area contributed by atoms with Crippen LogP contribution in [-0.2, 0) is 28.7 Å². The number of aliphatic hydroxyl groups is 2. The van der Waals surface area contributed by atoms with Crippen LogP contribution in [0.1, 0.15) is 13.3 Å². The van der Waals surface area contributed by atoms with Crippen molar-refractivity contribution in [1.82, 2.24) is 0 Å². The number of ether oxygens (including phenoxy) is 2. The van der Waals surface area contributed by atoms with E-state index in [1.54, 1.807) is 0 Å². The van der Waals surface area contributed by atoms with Crippen molar-refractivity contribution in [3.05, 3.63) is 0 Å². The van der Waals surface area contributed by atoms with E-state index in [2.05, 4.69) is 0 Å². The second-order valence-electron chi connectivity index (χ2n) is 4.69. The highest BCUT2D eigenvalue weighted by atomic mass is 16.5. The Kier molecular flexibility index (Phi) is 8.84. The minimum absolute atomic E-state index is 0.160. The van der Waals surface area contributed by atoms with Gasteiger partial charge in [0.2, 0.25) is 0 Å². The summed E-state index contributed by atoms with van der Waals surface area (Å²) < 4.78 is 9.56. The molecule has 0 amide bonds. The number of carbonyl (C=O) groups is 4. The van der Waals surface area contributed by atoms with Gasteiger partial charge in [-0.25, -0.2) is 19.2 Å². The zero-order valence-corrected chi connectivity index (χ0v) is 12.4. The number of carboxylic acid groups (broad SMARTS) is 4. The molecular weight excluding hydrogens is 336 g/mol. The SMILES string of the molecule is CC(CCOC(C(=O)O)C(O)C(=O)O)OC(C(=O)O)C(O)C(=O)O. The van der Waals surface area contributed by atoms with Gasteiger partial charge in [-0.3, -0.25) is 0 Å². The average Bonchev–Trinajstić information content (AvgIpc) is 2.46. The molecule has 0 aromatic carbocycles. The number of carboxylic acids is 4. The van der Waals surface area contributed by atoms with E-state index in [-0.39, 0.29) is 6.42 Å². The van der Waals surface area contributed by atoms with Crippen molar-refractivity contribution in [1.29, 1.82) is 0 Å². The van der Waals surface area contributed by atoms with E-state index in [0.717, 1.165) is 0 Å². The lowest BCUT2D eigenvalue weighted by Crippen LogP contribution is -2.44. The van der Waals surface area contributed by atoms with Crippen molar-refractivity contribution >= 4 is 23.9 Å². The normalized spacial score (nSPS) is 17.3. The van der Waals surface area contributed by atoms with Crippen molar-refractivity contribution < 1.29 is 59.3 Å². The van der Waals surface area contributed by atoms with Crippen molar-refractivity contribution in [3.8, 4) is 0 Å². The molecule has 0 aromatic heterocycles. The van der Waals surface area contributed by atoms with Gasteiger partial charge >= 0.3 is 23.9 Å². The summed E-state index contributed by atoms with van der Waals surface area (Å²) in [6, 6.07) is 0. The van der Waals surface area contributed by atoms with Crippen molar-refractivity contribution in [3.63, 3.8) is 0 Å². The average molecular weight is 354 g/mol. The van der Waals surface area contributed by atoms with Gasteiger partial charge in [0.25, 0.3) is 0 Å². The molecule has 0 spiro atoms. The van der Waals surface area contributed by atoms with E-state index < -0.39 is 61.0 Å². The molecule has 138 valence electrons. The molecule has 24 heavy (non-hydrogen) atoms. The van der Waals surface area contributed by atoms with Crippen LogP contribution in [-0.4, -0.2) is 91.6 Å². The summed E-state index contributed by atoms with van der Waals surface area (Å²) in [5.74, 6) is -7.05. The Labute approximate surface area is 134 Å². The number of rotatable bonds is 12. The largest absolute Gasteiger partial charge is 0.479 e. The first-order valence-corrected chi connectivity index (χ1v) is 6.53. The van der Waals surface area contributed by atoms with Crippen LogP contribution in [0.25, 0.3) is 0 Å². The molecule has 5 unspecified atom stereocenters. The lowest BCUT2D eigenvalue weighted by molar-refractivity contribution is -0.178. The summed E-state index contributed by atoms with van der Waals surface area (Å²) >= 11 is 0. The molecule has 12 heteroatoms. The molecule has 6 N–H and O–H groups in total. The fourth-order valence-electron chi connectivity index (χ4n) is 1.50. The predicted molar refractivity (Wildman–Crippen MR) is 71.2 cm³/mol. The maximum Gasteiger partial charge on any atom is 0.336 e. The van der Waals surface area contributed by atoms with Gasteiger partial charge in [-0.05, 0) is 13.3 Å². The summed E-state index contributed by atoms with van der Waals surface area (Å²) in [5.41, 5.74) is 0. The monoisotopic (exact) mass is 354 g/mol. The predicted octanol–water partition coefficient (Wildman–Crippen LogP) is -2.40. The Morgan fingerprint density at radius 1 is 0.792 bits per heavy atom. The van der Waals surface area contributed by atoms with Crippen molar-refractivity contribution in [2.45, 2.75) is 43.9 Å². The molecule has 0 heterocycles. The third kappa shape index (κ3) is 6.87. The van der Waals surface area contributed by atoms with Crippen molar-refractivity contribution in [2.75, 3.05) is 6.61 Å². The van der Waals surface area contributed by atoms with Crippen molar-refractivity contribution in [2.24, 2.45) is 0 Å². The van der Waals surface area contributed by atoms with Gasteiger partial charge in [0, 0.05) is 0 Å². The zero-order valence-electron chi connectivity index (χ0n) is 12.4. The topological polar surface area (TPSA) is 208 Å². The molecule has 12 nitrogen and oxygen atoms in total. The first kappa shape index (κ1) is 21.7. The summed E-state index contributed by atoms with van der Waals surface area (Å²) in [6.07, 6.45) is -9.86. The Bertz CT molecular complexity index is 475. The molecule has 0 saturated heterocycles. The quantitative estimate of drug-likeness (QED) is 0.217. The minimum Gasteiger partial charge on any atom is -0.479 e. The molecule has 0 bridgehead atoms. The Hall–Kier alpha value is -2.28. The summed E-state index contributed by atoms with van der Waals surface area (Å²) in [6.45, 7) is 0.870. The third-order valence-corrected chi connectivity index (χ3v) is 2.77. The first-order valence-electron chi connectivity index (χ1n) is 6.53. The van der Waals surface area contributed by atoms with Gasteiger partial charge in [-0.2, -0.15) is 0 Å². The fraction of sp³-hybridized carbons (Fsp3) is 0.667. The van der Waals surface area contributed by atoms with Gasteiger partial charge in [0.05, 0.1) is 12.7 Å². The van der Waals surface area contributed by atoms with E-state index in [4.69, 9.17) is 35.0 Å². The van der Waals surface area contributed by atoms with Crippen LogP contribution in [0.4, 0.5) is 0 Å². The highest BCUT2D eigenvalue weighted by molar-refractivity contribution is 5.83. The molecule has 5 atom stereocenters. The van der Waals surface area contributed by atoms with Crippen LogP contribution in [0.15, 0.2) is 0 Å². The molecule has 0 aliphatic heterocycles. The van der Waals surface area contributed by atoms with E-state index in [0.29, 0.717) is 0 Å². The van der Waals surface area contributed by atoms with Gasteiger partial charge in [-0.1, -0.05) is 0 Å². The molecular formula is C12H18O12. The molecule has 0 aliphatic carbocycles. The van der Waals surface area contributed by atoms with Crippen LogP contribution in [0, 0.1) is 0 Å². The zero-order chi connectivity index (χ0) is 19.0.